The first-order valence-corrected chi connectivity index (χ1v) is 8.89. The number of hydrogen-bond acceptors (Lipinski definition) is 5. The van der Waals surface area contributed by atoms with Crippen LogP contribution in [0.25, 0.3) is 6.08 Å². The van der Waals surface area contributed by atoms with Gasteiger partial charge in [-0.1, -0.05) is 48.5 Å². The molecule has 1 N–H and O–H groups in total. The summed E-state index contributed by atoms with van der Waals surface area (Å²) in [5.41, 5.74) is 1.66. The minimum atomic E-state index is -0.539. The van der Waals surface area contributed by atoms with Crippen molar-refractivity contribution in [3.8, 4) is 11.5 Å². The van der Waals surface area contributed by atoms with Gasteiger partial charge in [-0.2, -0.15) is 0 Å². The average Bonchev–Trinajstić information content (AvgIpc) is 2.73. The maximum Gasteiger partial charge on any atom is 0.287 e. The number of phenols is 1. The fraction of sp³-hybridized carbons (Fsp3) is 0.0870. The zero-order valence-corrected chi connectivity index (χ0v) is 15.7. The molecule has 3 rings (SSSR count). The molecule has 0 bridgehead atoms. The molecule has 29 heavy (non-hydrogen) atoms. The van der Waals surface area contributed by atoms with Crippen molar-refractivity contribution in [1.29, 1.82) is 0 Å². The van der Waals surface area contributed by atoms with Gasteiger partial charge in [0.25, 0.3) is 5.69 Å². The van der Waals surface area contributed by atoms with E-state index >= 15 is 0 Å². The van der Waals surface area contributed by atoms with Crippen molar-refractivity contribution < 1.29 is 19.6 Å². The zero-order chi connectivity index (χ0) is 20.8. The number of phenolic OH excluding ortho intramolecular Hbond substituents is 1. The number of aromatic hydroxyl groups is 1. The minimum absolute atomic E-state index is 0.00300. The predicted molar refractivity (Wildman–Crippen MR) is 110 cm³/mol. The molecule has 0 aliphatic heterocycles. The summed E-state index contributed by atoms with van der Waals surface area (Å²) in [5, 5.41) is 21.2. The van der Waals surface area contributed by atoms with Gasteiger partial charge in [0, 0.05) is 6.42 Å². The maximum absolute atomic E-state index is 12.7. The molecule has 0 unspecified atom stereocenters. The molecule has 146 valence electrons. The third kappa shape index (κ3) is 4.68. The number of nitro benzene ring substituents is 1. The molecule has 6 nitrogen and oxygen atoms in total. The smallest absolute Gasteiger partial charge is 0.287 e. The van der Waals surface area contributed by atoms with Gasteiger partial charge in [-0.05, 0) is 41.5 Å². The van der Waals surface area contributed by atoms with E-state index in [0.29, 0.717) is 16.9 Å². The van der Waals surface area contributed by atoms with E-state index in [1.165, 1.54) is 31.4 Å². The van der Waals surface area contributed by atoms with E-state index in [-0.39, 0.29) is 23.4 Å². The van der Waals surface area contributed by atoms with Crippen LogP contribution in [-0.4, -0.2) is 22.9 Å². The summed E-state index contributed by atoms with van der Waals surface area (Å²) < 4.78 is 5.33. The van der Waals surface area contributed by atoms with E-state index in [2.05, 4.69) is 0 Å². The van der Waals surface area contributed by atoms with Gasteiger partial charge >= 0.3 is 0 Å². The fourth-order valence-corrected chi connectivity index (χ4v) is 3.03. The Labute approximate surface area is 167 Å². The third-order valence-electron chi connectivity index (χ3n) is 4.45. The van der Waals surface area contributed by atoms with Gasteiger partial charge in [0.05, 0.1) is 17.6 Å². The molecule has 6 heteroatoms. The highest BCUT2D eigenvalue weighted by molar-refractivity contribution is 6.10. The summed E-state index contributed by atoms with van der Waals surface area (Å²) >= 11 is 0. The van der Waals surface area contributed by atoms with Crippen molar-refractivity contribution >= 4 is 17.5 Å². The second-order valence-electron chi connectivity index (χ2n) is 6.35. The number of ketones is 1. The van der Waals surface area contributed by atoms with Gasteiger partial charge in [-0.25, -0.2) is 0 Å². The fourth-order valence-electron chi connectivity index (χ4n) is 3.03. The van der Waals surface area contributed by atoms with E-state index in [4.69, 9.17) is 4.74 Å². The third-order valence-corrected chi connectivity index (χ3v) is 4.45. The number of methoxy groups -OCH3 is 1. The summed E-state index contributed by atoms with van der Waals surface area (Å²) in [6.07, 6.45) is 3.10. The molecule has 0 radical (unpaired) electrons. The van der Waals surface area contributed by atoms with Crippen LogP contribution in [0.3, 0.4) is 0 Å². The Morgan fingerprint density at radius 2 is 1.76 bits per heavy atom. The van der Waals surface area contributed by atoms with E-state index in [1.807, 2.05) is 30.3 Å². The first-order valence-electron chi connectivity index (χ1n) is 8.89. The van der Waals surface area contributed by atoms with Crippen molar-refractivity contribution in [3.05, 3.63) is 105 Å². The predicted octanol–water partition coefficient (Wildman–Crippen LogP) is 4.80. The van der Waals surface area contributed by atoms with E-state index in [0.717, 1.165) is 5.56 Å². The number of carbonyl (C=O) groups is 1. The van der Waals surface area contributed by atoms with Crippen molar-refractivity contribution in [1.82, 2.24) is 0 Å². The Morgan fingerprint density at radius 1 is 1.07 bits per heavy atom. The second kappa shape index (κ2) is 8.84. The van der Waals surface area contributed by atoms with Crippen molar-refractivity contribution in [2.24, 2.45) is 0 Å². The quantitative estimate of drug-likeness (QED) is 0.271. The second-order valence-corrected chi connectivity index (χ2v) is 6.35. The molecule has 3 aromatic carbocycles. The number of benzene rings is 3. The molecule has 0 saturated carbocycles. The lowest BCUT2D eigenvalue weighted by Crippen LogP contribution is -2.07. The molecule has 0 aromatic heterocycles. The highest BCUT2D eigenvalue weighted by Gasteiger charge is 2.26. The monoisotopic (exact) mass is 389 g/mol. The number of allylic oxidation sites excluding steroid dienone is 1. The molecule has 0 atom stereocenters. The first-order chi connectivity index (χ1) is 14.0. The number of carbonyl (C=O) groups excluding carboxylic acids is 1. The average molecular weight is 389 g/mol. The Bertz CT molecular complexity index is 1060. The Hall–Kier alpha value is -3.93. The van der Waals surface area contributed by atoms with Crippen LogP contribution >= 0.6 is 0 Å². The summed E-state index contributed by atoms with van der Waals surface area (Å²) in [6, 6.07) is 18.6. The number of rotatable bonds is 7. The van der Waals surface area contributed by atoms with E-state index in [9.17, 15) is 20.0 Å². The molecule has 0 aliphatic rings. The highest BCUT2D eigenvalue weighted by Crippen LogP contribution is 2.34. The number of nitro groups is 1. The van der Waals surface area contributed by atoms with Gasteiger partial charge in [-0.3, -0.25) is 14.9 Å². The van der Waals surface area contributed by atoms with Gasteiger partial charge in [-0.15, -0.1) is 0 Å². The van der Waals surface area contributed by atoms with Crippen LogP contribution < -0.4 is 4.74 Å². The topological polar surface area (TPSA) is 89.7 Å². The van der Waals surface area contributed by atoms with Crippen LogP contribution in [0.2, 0.25) is 0 Å². The molecule has 0 saturated heterocycles. The molecule has 0 heterocycles. The lowest BCUT2D eigenvalue weighted by atomic mass is 9.97. The lowest BCUT2D eigenvalue weighted by Gasteiger charge is -2.11. The van der Waals surface area contributed by atoms with Crippen LogP contribution in [0.1, 0.15) is 27.0 Å². The first kappa shape index (κ1) is 19.8. The van der Waals surface area contributed by atoms with Gasteiger partial charge < -0.3 is 9.84 Å². The molecule has 0 amide bonds. The minimum Gasteiger partial charge on any atom is -0.508 e. The van der Waals surface area contributed by atoms with Crippen LogP contribution in [0.5, 0.6) is 11.5 Å². The summed E-state index contributed by atoms with van der Waals surface area (Å²) in [6.45, 7) is 0. The lowest BCUT2D eigenvalue weighted by molar-refractivity contribution is -0.385. The highest BCUT2D eigenvalue weighted by atomic mass is 16.6. The Kier molecular flexibility index (Phi) is 6.04. The summed E-state index contributed by atoms with van der Waals surface area (Å²) in [7, 11) is 1.44. The molecule has 0 aliphatic carbocycles. The van der Waals surface area contributed by atoms with Gasteiger partial charge in [0.15, 0.2) is 5.78 Å². The summed E-state index contributed by atoms with van der Waals surface area (Å²) in [5.74, 6) is -0.00817. The molecule has 3 aromatic rings. The largest absolute Gasteiger partial charge is 0.508 e. The Morgan fingerprint density at radius 3 is 2.38 bits per heavy atom. The standard InChI is InChI=1S/C23H19NO5/c1-29-22-14-12-19(21(26)13-9-16-7-10-18(25)11-8-16)23(24(27)28)20(22)15-17-5-3-2-4-6-17/h2-14,25H,15H2,1H3/b13-9+. The van der Waals surface area contributed by atoms with E-state index in [1.54, 1.807) is 24.3 Å². The zero-order valence-electron chi connectivity index (χ0n) is 15.7. The van der Waals surface area contributed by atoms with Crippen LogP contribution in [0.15, 0.2) is 72.8 Å². The van der Waals surface area contributed by atoms with Crippen LogP contribution in [0.4, 0.5) is 5.69 Å². The Balaban J connectivity index is 2.01. The van der Waals surface area contributed by atoms with E-state index < -0.39 is 10.7 Å². The molecular formula is C23H19NO5. The molecular weight excluding hydrogens is 370 g/mol. The van der Waals surface area contributed by atoms with Gasteiger partial charge in [0.1, 0.15) is 17.1 Å². The maximum atomic E-state index is 12.7. The van der Waals surface area contributed by atoms with Gasteiger partial charge in [0.2, 0.25) is 0 Å². The molecule has 0 spiro atoms. The molecule has 0 fully saturated rings. The normalized spacial score (nSPS) is 10.8. The van der Waals surface area contributed by atoms with Crippen LogP contribution in [0, 0.1) is 10.1 Å². The van der Waals surface area contributed by atoms with Crippen molar-refractivity contribution in [2.75, 3.05) is 7.11 Å². The van der Waals surface area contributed by atoms with Crippen molar-refractivity contribution in [3.63, 3.8) is 0 Å². The SMILES string of the molecule is COc1ccc(C(=O)/C=C/c2ccc(O)cc2)c([N+](=O)[O-])c1Cc1ccccc1. The van der Waals surface area contributed by atoms with Crippen molar-refractivity contribution in [2.45, 2.75) is 6.42 Å². The summed E-state index contributed by atoms with van der Waals surface area (Å²) in [4.78, 5) is 24.1. The number of ether oxygens (including phenoxy) is 1. The number of hydrogen-bond donors (Lipinski definition) is 1. The number of nitrogens with zero attached hydrogens (tertiary/aromatic N) is 1. The van der Waals surface area contributed by atoms with Crippen LogP contribution in [-0.2, 0) is 6.42 Å².